The summed E-state index contributed by atoms with van der Waals surface area (Å²) < 4.78 is 0. The average Bonchev–Trinajstić information content (AvgIpc) is 2.79. The first-order chi connectivity index (χ1) is 8.25. The molecular formula is C14H19NO2. The Morgan fingerprint density at radius 3 is 2.71 bits per heavy atom. The number of carboxylic acids is 1. The van der Waals surface area contributed by atoms with E-state index in [-0.39, 0.29) is 5.92 Å². The van der Waals surface area contributed by atoms with Crippen molar-refractivity contribution in [3.63, 3.8) is 0 Å². The van der Waals surface area contributed by atoms with Crippen molar-refractivity contribution in [1.82, 2.24) is 5.32 Å². The van der Waals surface area contributed by atoms with Crippen molar-refractivity contribution in [3.05, 3.63) is 35.9 Å². The Balaban J connectivity index is 1.68. The molecule has 0 radical (unpaired) electrons. The zero-order chi connectivity index (χ0) is 12.1. The highest BCUT2D eigenvalue weighted by Gasteiger charge is 2.29. The fourth-order valence-electron chi connectivity index (χ4n) is 2.50. The molecule has 2 atom stereocenters. The summed E-state index contributed by atoms with van der Waals surface area (Å²) in [5, 5.41) is 12.3. The number of nitrogens with one attached hydrogen (secondary N) is 1. The summed E-state index contributed by atoms with van der Waals surface area (Å²) in [6, 6.07) is 10.3. The molecule has 0 saturated heterocycles. The summed E-state index contributed by atoms with van der Waals surface area (Å²) in [6.07, 6.45) is 2.71. The van der Waals surface area contributed by atoms with Crippen LogP contribution in [0.5, 0.6) is 0 Å². The van der Waals surface area contributed by atoms with Crippen LogP contribution in [0.2, 0.25) is 0 Å². The number of aliphatic carboxylic acids is 1. The number of carboxylic acid groups (broad SMARTS) is 1. The summed E-state index contributed by atoms with van der Waals surface area (Å²) in [5.41, 5.74) is 1.28. The van der Waals surface area contributed by atoms with Crippen LogP contribution in [0.25, 0.3) is 0 Å². The van der Waals surface area contributed by atoms with E-state index in [1.165, 1.54) is 5.56 Å². The molecule has 1 aliphatic carbocycles. The second kappa shape index (κ2) is 5.82. The molecule has 2 N–H and O–H groups in total. The van der Waals surface area contributed by atoms with E-state index in [0.717, 1.165) is 32.4 Å². The van der Waals surface area contributed by atoms with E-state index in [4.69, 9.17) is 5.11 Å². The summed E-state index contributed by atoms with van der Waals surface area (Å²) in [7, 11) is 0. The van der Waals surface area contributed by atoms with Crippen LogP contribution in [0, 0.1) is 11.8 Å². The average molecular weight is 233 g/mol. The first kappa shape index (κ1) is 12.1. The van der Waals surface area contributed by atoms with Crippen LogP contribution in [0.15, 0.2) is 30.3 Å². The Kier molecular flexibility index (Phi) is 4.15. The fourth-order valence-corrected chi connectivity index (χ4v) is 2.50. The van der Waals surface area contributed by atoms with Crippen molar-refractivity contribution in [2.45, 2.75) is 25.8 Å². The Bertz CT molecular complexity index is 364. The maximum Gasteiger partial charge on any atom is 0.306 e. The van der Waals surface area contributed by atoms with E-state index < -0.39 is 5.97 Å². The Morgan fingerprint density at radius 2 is 2.06 bits per heavy atom. The maximum atomic E-state index is 10.8. The third-order valence-corrected chi connectivity index (χ3v) is 3.50. The fraction of sp³-hybridized carbons (Fsp3) is 0.500. The highest BCUT2D eigenvalue weighted by Crippen LogP contribution is 2.30. The number of benzene rings is 1. The molecule has 2 rings (SSSR count). The second-order valence-electron chi connectivity index (χ2n) is 4.83. The van der Waals surface area contributed by atoms with Gasteiger partial charge in [-0.1, -0.05) is 30.3 Å². The Labute approximate surface area is 102 Å². The van der Waals surface area contributed by atoms with Gasteiger partial charge < -0.3 is 10.4 Å². The molecule has 3 nitrogen and oxygen atoms in total. The number of hydrogen-bond acceptors (Lipinski definition) is 2. The smallest absolute Gasteiger partial charge is 0.306 e. The molecule has 3 heteroatoms. The van der Waals surface area contributed by atoms with Gasteiger partial charge in [0.05, 0.1) is 5.92 Å². The molecule has 1 aromatic rings. The highest BCUT2D eigenvalue weighted by molar-refractivity contribution is 5.70. The zero-order valence-corrected chi connectivity index (χ0v) is 9.93. The summed E-state index contributed by atoms with van der Waals surface area (Å²) in [4.78, 5) is 10.8. The predicted molar refractivity (Wildman–Crippen MR) is 66.6 cm³/mol. The van der Waals surface area contributed by atoms with Gasteiger partial charge in [0.25, 0.3) is 0 Å². The second-order valence-corrected chi connectivity index (χ2v) is 4.83. The molecule has 92 valence electrons. The Morgan fingerprint density at radius 1 is 1.29 bits per heavy atom. The van der Waals surface area contributed by atoms with E-state index in [2.05, 4.69) is 17.4 Å². The van der Waals surface area contributed by atoms with E-state index >= 15 is 0 Å². The minimum Gasteiger partial charge on any atom is -0.481 e. The molecule has 1 saturated carbocycles. The van der Waals surface area contributed by atoms with Crippen LogP contribution in [0.1, 0.15) is 24.8 Å². The lowest BCUT2D eigenvalue weighted by molar-refractivity contribution is -0.141. The molecule has 1 fully saturated rings. The molecule has 1 aliphatic rings. The van der Waals surface area contributed by atoms with Gasteiger partial charge in [-0.3, -0.25) is 4.79 Å². The van der Waals surface area contributed by atoms with Crippen LogP contribution >= 0.6 is 0 Å². The molecule has 0 amide bonds. The molecule has 17 heavy (non-hydrogen) atoms. The number of rotatable bonds is 5. The van der Waals surface area contributed by atoms with Crippen molar-refractivity contribution in [2.75, 3.05) is 6.54 Å². The third kappa shape index (κ3) is 3.56. The third-order valence-electron chi connectivity index (χ3n) is 3.50. The molecule has 0 bridgehead atoms. The van der Waals surface area contributed by atoms with Gasteiger partial charge in [0.1, 0.15) is 0 Å². The minimum absolute atomic E-state index is 0.112. The van der Waals surface area contributed by atoms with E-state index in [1.54, 1.807) is 0 Å². The minimum atomic E-state index is -0.629. The van der Waals surface area contributed by atoms with Gasteiger partial charge in [-0.2, -0.15) is 0 Å². The summed E-state index contributed by atoms with van der Waals surface area (Å²) >= 11 is 0. The topological polar surface area (TPSA) is 49.3 Å². The maximum absolute atomic E-state index is 10.8. The van der Waals surface area contributed by atoms with Gasteiger partial charge in [0.15, 0.2) is 0 Å². The van der Waals surface area contributed by atoms with Crippen molar-refractivity contribution in [3.8, 4) is 0 Å². The largest absolute Gasteiger partial charge is 0.481 e. The van der Waals surface area contributed by atoms with E-state index in [9.17, 15) is 4.79 Å². The standard InChI is InChI=1S/C14H19NO2/c16-14(17)13-7-6-12(8-13)10-15-9-11-4-2-1-3-5-11/h1-5,12-13,15H,6-10H2,(H,16,17). The lowest BCUT2D eigenvalue weighted by atomic mass is 10.1. The number of hydrogen-bond donors (Lipinski definition) is 2. The van der Waals surface area contributed by atoms with Gasteiger partial charge in [-0.15, -0.1) is 0 Å². The number of carbonyl (C=O) groups is 1. The van der Waals surface area contributed by atoms with Crippen molar-refractivity contribution in [2.24, 2.45) is 11.8 Å². The van der Waals surface area contributed by atoms with Crippen LogP contribution in [0.3, 0.4) is 0 Å². The van der Waals surface area contributed by atoms with Crippen molar-refractivity contribution >= 4 is 5.97 Å². The van der Waals surface area contributed by atoms with Gasteiger partial charge in [-0.05, 0) is 37.3 Å². The van der Waals surface area contributed by atoms with Gasteiger partial charge >= 0.3 is 5.97 Å². The van der Waals surface area contributed by atoms with Crippen LogP contribution < -0.4 is 5.32 Å². The highest BCUT2D eigenvalue weighted by atomic mass is 16.4. The van der Waals surface area contributed by atoms with Gasteiger partial charge in [0.2, 0.25) is 0 Å². The first-order valence-corrected chi connectivity index (χ1v) is 6.23. The Hall–Kier alpha value is -1.35. The molecule has 0 spiro atoms. The predicted octanol–water partition coefficient (Wildman–Crippen LogP) is 2.28. The monoisotopic (exact) mass is 233 g/mol. The molecule has 0 aromatic heterocycles. The van der Waals surface area contributed by atoms with Crippen LogP contribution in [-0.4, -0.2) is 17.6 Å². The lowest BCUT2D eigenvalue weighted by Crippen LogP contribution is -2.21. The van der Waals surface area contributed by atoms with Gasteiger partial charge in [0, 0.05) is 6.54 Å². The molecule has 0 aliphatic heterocycles. The molecular weight excluding hydrogens is 214 g/mol. The van der Waals surface area contributed by atoms with Gasteiger partial charge in [-0.25, -0.2) is 0 Å². The lowest BCUT2D eigenvalue weighted by Gasteiger charge is -2.11. The van der Waals surface area contributed by atoms with Crippen molar-refractivity contribution in [1.29, 1.82) is 0 Å². The quantitative estimate of drug-likeness (QED) is 0.820. The summed E-state index contributed by atoms with van der Waals surface area (Å²) in [6.45, 7) is 1.80. The molecule has 0 heterocycles. The van der Waals surface area contributed by atoms with E-state index in [1.807, 2.05) is 18.2 Å². The van der Waals surface area contributed by atoms with Crippen molar-refractivity contribution < 1.29 is 9.90 Å². The molecule has 2 unspecified atom stereocenters. The SMILES string of the molecule is O=C(O)C1CCC(CNCc2ccccc2)C1. The van der Waals surface area contributed by atoms with Crippen LogP contribution in [-0.2, 0) is 11.3 Å². The molecule has 1 aromatic carbocycles. The normalized spacial score (nSPS) is 23.8. The van der Waals surface area contributed by atoms with Crippen LogP contribution in [0.4, 0.5) is 0 Å². The van der Waals surface area contributed by atoms with E-state index in [0.29, 0.717) is 5.92 Å². The first-order valence-electron chi connectivity index (χ1n) is 6.23. The zero-order valence-electron chi connectivity index (χ0n) is 9.93. The summed E-state index contributed by atoms with van der Waals surface area (Å²) in [5.74, 6) is -0.214.